The molecule has 0 amide bonds. The highest BCUT2D eigenvalue weighted by Gasteiger charge is 2.16. The van der Waals surface area contributed by atoms with E-state index in [0.29, 0.717) is 5.82 Å². The number of methoxy groups -OCH3 is 2. The Balaban J connectivity index is 1.86. The summed E-state index contributed by atoms with van der Waals surface area (Å²) in [7, 11) is 7.46. The molecule has 1 aromatic heterocycles. The van der Waals surface area contributed by atoms with Gasteiger partial charge in [-0.1, -0.05) is 18.2 Å². The van der Waals surface area contributed by atoms with Crippen LogP contribution >= 0.6 is 0 Å². The van der Waals surface area contributed by atoms with E-state index in [0.717, 1.165) is 55.7 Å². The molecule has 5 heteroatoms. The monoisotopic (exact) mass is 435 g/mol. The van der Waals surface area contributed by atoms with Crippen molar-refractivity contribution in [3.8, 4) is 34.1 Å². The van der Waals surface area contributed by atoms with Crippen LogP contribution in [0.1, 0.15) is 0 Å². The van der Waals surface area contributed by atoms with E-state index in [2.05, 4.69) is 49.3 Å². The van der Waals surface area contributed by atoms with E-state index in [9.17, 15) is 0 Å². The van der Waals surface area contributed by atoms with Gasteiger partial charge < -0.3 is 14.4 Å². The van der Waals surface area contributed by atoms with Crippen molar-refractivity contribution in [1.29, 1.82) is 0 Å². The predicted molar refractivity (Wildman–Crippen MR) is 135 cm³/mol. The normalized spacial score (nSPS) is 11.0. The number of anilines is 1. The first-order chi connectivity index (χ1) is 16.1. The molecule has 0 aliphatic heterocycles. The first-order valence-corrected chi connectivity index (χ1v) is 10.8. The molecule has 0 fully saturated rings. The van der Waals surface area contributed by atoms with Gasteiger partial charge in [0.05, 0.1) is 25.4 Å². The zero-order valence-electron chi connectivity index (χ0n) is 19.2. The summed E-state index contributed by atoms with van der Waals surface area (Å²) in [5, 5.41) is 3.28. The minimum Gasteiger partial charge on any atom is -0.497 e. The van der Waals surface area contributed by atoms with E-state index in [1.54, 1.807) is 14.2 Å². The zero-order chi connectivity index (χ0) is 22.9. The average molecular weight is 436 g/mol. The molecule has 0 atom stereocenters. The van der Waals surface area contributed by atoms with Crippen molar-refractivity contribution in [3.05, 3.63) is 78.9 Å². The van der Waals surface area contributed by atoms with Crippen LogP contribution in [0.4, 0.5) is 5.69 Å². The molecule has 1 heterocycles. The van der Waals surface area contributed by atoms with Gasteiger partial charge in [-0.15, -0.1) is 0 Å². The van der Waals surface area contributed by atoms with Crippen molar-refractivity contribution < 1.29 is 9.47 Å². The molecular weight excluding hydrogens is 410 g/mol. The fraction of sp³-hybridized carbons (Fsp3) is 0.143. The number of hydrogen-bond acceptors (Lipinski definition) is 5. The van der Waals surface area contributed by atoms with E-state index >= 15 is 0 Å². The molecule has 0 radical (unpaired) electrons. The van der Waals surface area contributed by atoms with Crippen molar-refractivity contribution in [3.63, 3.8) is 0 Å². The Morgan fingerprint density at radius 3 is 1.91 bits per heavy atom. The van der Waals surface area contributed by atoms with E-state index in [1.165, 1.54) is 0 Å². The largest absolute Gasteiger partial charge is 0.497 e. The van der Waals surface area contributed by atoms with Gasteiger partial charge in [0.1, 0.15) is 11.5 Å². The molecule has 0 aliphatic rings. The molecule has 0 saturated heterocycles. The average Bonchev–Trinajstić information content (AvgIpc) is 2.87. The van der Waals surface area contributed by atoms with E-state index < -0.39 is 0 Å². The molecule has 0 saturated carbocycles. The van der Waals surface area contributed by atoms with Crippen molar-refractivity contribution >= 4 is 27.4 Å². The summed E-state index contributed by atoms with van der Waals surface area (Å²) >= 11 is 0. The molecule has 5 nitrogen and oxygen atoms in total. The van der Waals surface area contributed by atoms with Gasteiger partial charge in [0.15, 0.2) is 5.82 Å². The van der Waals surface area contributed by atoms with Crippen LogP contribution in [-0.2, 0) is 0 Å². The summed E-state index contributed by atoms with van der Waals surface area (Å²) < 4.78 is 10.7. The first-order valence-electron chi connectivity index (χ1n) is 10.8. The number of fused-ring (bicyclic) bond motifs is 3. The minimum absolute atomic E-state index is 0.678. The molecule has 5 rings (SSSR count). The lowest BCUT2D eigenvalue weighted by atomic mass is 10.00. The third-order valence-electron chi connectivity index (χ3n) is 5.88. The molecule has 0 unspecified atom stereocenters. The van der Waals surface area contributed by atoms with E-state index in [-0.39, 0.29) is 0 Å². The van der Waals surface area contributed by atoms with Gasteiger partial charge in [-0.05, 0) is 66.0 Å². The lowest BCUT2D eigenvalue weighted by Gasteiger charge is -2.18. The molecule has 5 aromatic rings. The maximum Gasteiger partial charge on any atom is 0.160 e. The Bertz CT molecular complexity index is 1440. The van der Waals surface area contributed by atoms with Crippen LogP contribution in [0.15, 0.2) is 78.9 Å². The standard InChI is InChI=1S/C28H25N3O2/c1-31(2)24-7-5-6-18-12-17-23-26(19-8-13-21(32-3)14-9-19)29-28(30-27(23)25(18)24)20-10-15-22(33-4)16-11-20/h5-17H,1-4H3. The van der Waals surface area contributed by atoms with Crippen LogP contribution in [0, 0.1) is 0 Å². The lowest BCUT2D eigenvalue weighted by molar-refractivity contribution is 0.415. The molecule has 0 N–H and O–H groups in total. The Kier molecular flexibility index (Phi) is 5.31. The van der Waals surface area contributed by atoms with E-state index in [1.807, 2.05) is 48.5 Å². The summed E-state index contributed by atoms with van der Waals surface area (Å²) in [4.78, 5) is 12.2. The lowest BCUT2D eigenvalue weighted by Crippen LogP contribution is -2.09. The number of aromatic nitrogens is 2. The van der Waals surface area contributed by atoms with Gasteiger partial charge in [-0.2, -0.15) is 0 Å². The van der Waals surface area contributed by atoms with Crippen molar-refractivity contribution in [1.82, 2.24) is 9.97 Å². The quantitative estimate of drug-likeness (QED) is 0.308. The number of hydrogen-bond donors (Lipinski definition) is 0. The molecule has 4 aromatic carbocycles. The number of nitrogens with zero attached hydrogens (tertiary/aromatic N) is 3. The SMILES string of the molecule is COc1ccc(-c2nc(-c3ccc(OC)cc3)c3ccc4cccc(N(C)C)c4c3n2)cc1. The summed E-state index contributed by atoms with van der Waals surface area (Å²) in [5.74, 6) is 2.29. The Morgan fingerprint density at radius 1 is 0.667 bits per heavy atom. The summed E-state index contributed by atoms with van der Waals surface area (Å²) in [6.07, 6.45) is 0. The van der Waals surface area contributed by atoms with Gasteiger partial charge in [0.2, 0.25) is 0 Å². The first kappa shape index (κ1) is 20.8. The van der Waals surface area contributed by atoms with Crippen LogP contribution < -0.4 is 14.4 Å². The fourth-order valence-corrected chi connectivity index (χ4v) is 4.16. The van der Waals surface area contributed by atoms with Gasteiger partial charge in [-0.3, -0.25) is 0 Å². The zero-order valence-corrected chi connectivity index (χ0v) is 19.2. The molecular formula is C28H25N3O2. The maximum absolute atomic E-state index is 5.36. The third kappa shape index (κ3) is 3.72. The topological polar surface area (TPSA) is 47.5 Å². The summed E-state index contributed by atoms with van der Waals surface area (Å²) in [5.41, 5.74) is 4.90. The minimum atomic E-state index is 0.678. The number of rotatable bonds is 5. The molecule has 0 bridgehead atoms. The van der Waals surface area contributed by atoms with Gasteiger partial charge in [0, 0.05) is 41.7 Å². The fourth-order valence-electron chi connectivity index (χ4n) is 4.16. The van der Waals surface area contributed by atoms with Gasteiger partial charge >= 0.3 is 0 Å². The highest BCUT2D eigenvalue weighted by atomic mass is 16.5. The summed E-state index contributed by atoms with van der Waals surface area (Å²) in [6, 6.07) is 26.5. The molecule has 164 valence electrons. The van der Waals surface area contributed by atoms with Crippen LogP contribution in [0.25, 0.3) is 44.3 Å². The van der Waals surface area contributed by atoms with Crippen molar-refractivity contribution in [2.24, 2.45) is 0 Å². The molecule has 33 heavy (non-hydrogen) atoms. The van der Waals surface area contributed by atoms with Gasteiger partial charge in [0.25, 0.3) is 0 Å². The number of ether oxygens (including phenoxy) is 2. The Labute approximate surface area is 193 Å². The van der Waals surface area contributed by atoms with Crippen LogP contribution in [-0.4, -0.2) is 38.3 Å². The predicted octanol–water partition coefficient (Wildman–Crippen LogP) is 6.20. The second-order valence-electron chi connectivity index (χ2n) is 8.08. The Hall–Kier alpha value is -4.12. The maximum atomic E-state index is 5.36. The van der Waals surface area contributed by atoms with Gasteiger partial charge in [-0.25, -0.2) is 9.97 Å². The highest BCUT2D eigenvalue weighted by Crippen LogP contribution is 2.37. The second kappa shape index (κ2) is 8.43. The smallest absolute Gasteiger partial charge is 0.160 e. The highest BCUT2D eigenvalue weighted by molar-refractivity contribution is 6.14. The van der Waals surface area contributed by atoms with E-state index in [4.69, 9.17) is 19.4 Å². The van der Waals surface area contributed by atoms with Crippen molar-refractivity contribution in [2.75, 3.05) is 33.2 Å². The Morgan fingerprint density at radius 2 is 1.30 bits per heavy atom. The molecule has 0 spiro atoms. The van der Waals surface area contributed by atoms with Crippen LogP contribution in [0.5, 0.6) is 11.5 Å². The number of benzene rings is 4. The molecule has 0 aliphatic carbocycles. The van der Waals surface area contributed by atoms with Crippen LogP contribution in [0.2, 0.25) is 0 Å². The second-order valence-corrected chi connectivity index (χ2v) is 8.08. The van der Waals surface area contributed by atoms with Crippen molar-refractivity contribution in [2.45, 2.75) is 0 Å². The third-order valence-corrected chi connectivity index (χ3v) is 5.88. The van der Waals surface area contributed by atoms with Crippen LogP contribution in [0.3, 0.4) is 0 Å². The summed E-state index contributed by atoms with van der Waals surface area (Å²) in [6.45, 7) is 0.